The minimum absolute atomic E-state index is 0.0346. The summed E-state index contributed by atoms with van der Waals surface area (Å²) >= 11 is 7.13. The smallest absolute Gasteiger partial charge is 0.331 e. The number of aliphatic imine (C=N–C) groups is 1. The van der Waals surface area contributed by atoms with E-state index < -0.39 is 6.04 Å². The largest absolute Gasteiger partial charge is 0.506 e. The Labute approximate surface area is 113 Å². The first-order chi connectivity index (χ1) is 8.60. The minimum Gasteiger partial charge on any atom is -0.506 e. The zero-order valence-corrected chi connectivity index (χ0v) is 11.1. The Morgan fingerprint density at radius 1 is 1.67 bits per heavy atom. The molecule has 7 heteroatoms. The van der Waals surface area contributed by atoms with E-state index in [2.05, 4.69) is 15.0 Å². The first-order valence-electron chi connectivity index (χ1n) is 5.14. The number of halogens is 1. The second-order valence-corrected chi connectivity index (χ2v) is 5.02. The molecule has 1 aromatic rings. The number of carbonyl (C=O) groups is 1. The van der Waals surface area contributed by atoms with Crippen molar-refractivity contribution >= 4 is 40.2 Å². The number of anilines is 1. The number of aromatic hydroxyl groups is 1. The Morgan fingerprint density at radius 3 is 3.11 bits per heavy atom. The lowest BCUT2D eigenvalue weighted by atomic mass is 10.3. The highest BCUT2D eigenvalue weighted by atomic mass is 35.5. The number of phenolic OH excluding ortho intramolecular Hbond substituents is 1. The number of carbonyl (C=O) groups excluding carboxylic acids is 1. The zero-order valence-electron chi connectivity index (χ0n) is 9.51. The summed E-state index contributed by atoms with van der Waals surface area (Å²) in [4.78, 5) is 15.5. The molecule has 2 N–H and O–H groups in total. The fourth-order valence-electron chi connectivity index (χ4n) is 1.42. The standard InChI is InChI=1S/C11H11ClN2O3S/c1-17-10(16)8-5-18-11(14-8)13-7-3-2-6(12)4-9(7)15/h2-4,8,15H,5H2,1H3,(H,13,14). The SMILES string of the molecule is COC(=O)C1CSC(Nc2ccc(Cl)cc2O)=N1. The van der Waals surface area contributed by atoms with Gasteiger partial charge in [0.1, 0.15) is 5.75 Å². The monoisotopic (exact) mass is 286 g/mol. The van der Waals surface area contributed by atoms with Crippen LogP contribution < -0.4 is 5.32 Å². The number of esters is 1. The summed E-state index contributed by atoms with van der Waals surface area (Å²) < 4.78 is 4.62. The van der Waals surface area contributed by atoms with Crippen molar-refractivity contribution in [2.24, 2.45) is 4.99 Å². The van der Waals surface area contributed by atoms with Crippen LogP contribution in [0.25, 0.3) is 0 Å². The number of hydrogen-bond donors (Lipinski definition) is 2. The number of hydrogen-bond acceptors (Lipinski definition) is 6. The number of amidine groups is 1. The average Bonchev–Trinajstić information content (AvgIpc) is 2.80. The van der Waals surface area contributed by atoms with Crippen LogP contribution in [0.4, 0.5) is 5.69 Å². The summed E-state index contributed by atoms with van der Waals surface area (Å²) in [6.07, 6.45) is 0. The van der Waals surface area contributed by atoms with Gasteiger partial charge in [0.25, 0.3) is 0 Å². The third-order valence-electron chi connectivity index (χ3n) is 2.33. The predicted molar refractivity (Wildman–Crippen MR) is 72.4 cm³/mol. The van der Waals surface area contributed by atoms with Crippen molar-refractivity contribution in [3.8, 4) is 5.75 Å². The Kier molecular flexibility index (Phi) is 3.98. The van der Waals surface area contributed by atoms with E-state index >= 15 is 0 Å². The molecule has 0 spiro atoms. The summed E-state index contributed by atoms with van der Waals surface area (Å²) in [5.41, 5.74) is 0.496. The molecule has 0 aliphatic carbocycles. The maximum Gasteiger partial charge on any atom is 0.331 e. The molecule has 0 saturated carbocycles. The van der Waals surface area contributed by atoms with Gasteiger partial charge in [-0.15, -0.1) is 0 Å². The third kappa shape index (κ3) is 2.88. The molecule has 1 aliphatic rings. The van der Waals surface area contributed by atoms with Gasteiger partial charge in [0.2, 0.25) is 0 Å². The molecule has 2 rings (SSSR count). The normalized spacial score (nSPS) is 18.3. The van der Waals surface area contributed by atoms with Crippen LogP contribution in [0.3, 0.4) is 0 Å². The first kappa shape index (κ1) is 13.0. The summed E-state index contributed by atoms with van der Waals surface area (Å²) in [5, 5.41) is 13.6. The predicted octanol–water partition coefficient (Wildman–Crippen LogP) is 2.10. The van der Waals surface area contributed by atoms with E-state index in [-0.39, 0.29) is 11.7 Å². The Balaban J connectivity index is 2.08. The van der Waals surface area contributed by atoms with E-state index in [0.717, 1.165) is 0 Å². The van der Waals surface area contributed by atoms with E-state index in [4.69, 9.17) is 11.6 Å². The van der Waals surface area contributed by atoms with Gasteiger partial charge in [-0.05, 0) is 12.1 Å². The van der Waals surface area contributed by atoms with Crippen molar-refractivity contribution in [2.45, 2.75) is 6.04 Å². The van der Waals surface area contributed by atoms with E-state index in [1.165, 1.54) is 24.9 Å². The summed E-state index contributed by atoms with van der Waals surface area (Å²) in [7, 11) is 1.33. The molecule has 0 bridgehead atoms. The fraction of sp³-hybridized carbons (Fsp3) is 0.273. The zero-order chi connectivity index (χ0) is 13.1. The Hall–Kier alpha value is -1.40. The number of phenols is 1. The lowest BCUT2D eigenvalue weighted by Gasteiger charge is -2.07. The van der Waals surface area contributed by atoms with Crippen LogP contribution in [-0.2, 0) is 9.53 Å². The van der Waals surface area contributed by atoms with Gasteiger partial charge in [0.05, 0.1) is 12.8 Å². The lowest BCUT2D eigenvalue weighted by Crippen LogP contribution is -2.19. The summed E-state index contributed by atoms with van der Waals surface area (Å²) in [6.45, 7) is 0. The van der Waals surface area contributed by atoms with Gasteiger partial charge in [-0.3, -0.25) is 0 Å². The molecule has 5 nitrogen and oxygen atoms in total. The van der Waals surface area contributed by atoms with Crippen LogP contribution >= 0.6 is 23.4 Å². The molecule has 1 aliphatic heterocycles. The van der Waals surface area contributed by atoms with E-state index in [1.807, 2.05) is 0 Å². The van der Waals surface area contributed by atoms with E-state index in [0.29, 0.717) is 21.6 Å². The van der Waals surface area contributed by atoms with Gasteiger partial charge in [0.15, 0.2) is 11.2 Å². The van der Waals surface area contributed by atoms with Gasteiger partial charge < -0.3 is 15.2 Å². The van der Waals surface area contributed by atoms with Gasteiger partial charge in [-0.2, -0.15) is 0 Å². The van der Waals surface area contributed by atoms with E-state index in [1.54, 1.807) is 12.1 Å². The Bertz CT molecular complexity index is 507. The molecule has 1 heterocycles. The molecule has 18 heavy (non-hydrogen) atoms. The van der Waals surface area contributed by atoms with Crippen molar-refractivity contribution in [1.82, 2.24) is 0 Å². The summed E-state index contributed by atoms with van der Waals surface area (Å²) in [6, 6.07) is 4.24. The van der Waals surface area contributed by atoms with Crippen molar-refractivity contribution < 1.29 is 14.6 Å². The van der Waals surface area contributed by atoms with Crippen LogP contribution in [0.2, 0.25) is 5.02 Å². The van der Waals surface area contributed by atoms with Crippen molar-refractivity contribution in [3.63, 3.8) is 0 Å². The van der Waals surface area contributed by atoms with Crippen LogP contribution in [0.1, 0.15) is 0 Å². The van der Waals surface area contributed by atoms with Crippen LogP contribution in [0.15, 0.2) is 23.2 Å². The van der Waals surface area contributed by atoms with Crippen LogP contribution in [-0.4, -0.2) is 35.1 Å². The van der Waals surface area contributed by atoms with Crippen molar-refractivity contribution in [2.75, 3.05) is 18.2 Å². The van der Waals surface area contributed by atoms with Gasteiger partial charge in [0, 0.05) is 16.8 Å². The molecule has 0 radical (unpaired) electrons. The summed E-state index contributed by atoms with van der Waals surface area (Å²) in [5.74, 6) is 0.204. The molecule has 0 fully saturated rings. The number of methoxy groups -OCH3 is 1. The average molecular weight is 287 g/mol. The second-order valence-electron chi connectivity index (χ2n) is 3.57. The van der Waals surface area contributed by atoms with Gasteiger partial charge in [-0.25, -0.2) is 9.79 Å². The number of thioether (sulfide) groups is 1. The maximum atomic E-state index is 11.3. The molecular formula is C11H11ClN2O3S. The van der Waals surface area contributed by atoms with Gasteiger partial charge in [-0.1, -0.05) is 23.4 Å². The molecule has 96 valence electrons. The number of rotatable bonds is 2. The molecular weight excluding hydrogens is 276 g/mol. The quantitative estimate of drug-likeness (QED) is 0.643. The van der Waals surface area contributed by atoms with Gasteiger partial charge >= 0.3 is 5.97 Å². The van der Waals surface area contributed by atoms with Crippen LogP contribution in [0.5, 0.6) is 5.75 Å². The number of nitrogens with zero attached hydrogens (tertiary/aromatic N) is 1. The molecule has 0 amide bonds. The first-order valence-corrected chi connectivity index (χ1v) is 6.50. The number of benzene rings is 1. The topological polar surface area (TPSA) is 70.9 Å². The van der Waals surface area contributed by atoms with Crippen LogP contribution in [0, 0.1) is 0 Å². The van der Waals surface area contributed by atoms with E-state index in [9.17, 15) is 9.90 Å². The highest BCUT2D eigenvalue weighted by molar-refractivity contribution is 8.14. The second kappa shape index (κ2) is 5.49. The number of ether oxygens (including phenoxy) is 1. The maximum absolute atomic E-state index is 11.3. The fourth-order valence-corrected chi connectivity index (χ4v) is 2.50. The highest BCUT2D eigenvalue weighted by Crippen LogP contribution is 2.29. The minimum atomic E-state index is -0.489. The lowest BCUT2D eigenvalue weighted by molar-refractivity contribution is -0.141. The molecule has 1 atom stereocenters. The van der Waals surface area contributed by atoms with Crippen molar-refractivity contribution in [1.29, 1.82) is 0 Å². The molecule has 0 aromatic heterocycles. The van der Waals surface area contributed by atoms with Crippen molar-refractivity contribution in [3.05, 3.63) is 23.2 Å². The highest BCUT2D eigenvalue weighted by Gasteiger charge is 2.26. The Morgan fingerprint density at radius 2 is 2.44 bits per heavy atom. The molecule has 1 unspecified atom stereocenters. The number of nitrogens with one attached hydrogen (secondary N) is 1. The molecule has 0 saturated heterocycles. The molecule has 1 aromatic carbocycles. The third-order valence-corrected chi connectivity index (χ3v) is 3.52.